The molecule has 2 aliphatic carbocycles. The molecule has 5 aromatic carbocycles. The van der Waals surface area contributed by atoms with Gasteiger partial charge < -0.3 is 39.9 Å². The van der Waals surface area contributed by atoms with E-state index >= 15 is 4.79 Å². The first-order chi connectivity index (χ1) is 44.6. The van der Waals surface area contributed by atoms with Gasteiger partial charge in [-0.2, -0.15) is 0 Å². The summed E-state index contributed by atoms with van der Waals surface area (Å²) in [5.74, 6) is -3.30. The second-order valence-corrected chi connectivity index (χ2v) is 41.1. The number of carboxylic acids is 3. The molecule has 18 heteroatoms. The smallest absolute Gasteiger partial charge is 0.331 e. The number of carbonyl (C=O) groups is 4. The molecule has 4 aliphatic rings. The Balaban J connectivity index is 1.23. The lowest BCUT2D eigenvalue weighted by atomic mass is 9.77. The van der Waals surface area contributed by atoms with E-state index in [1.54, 1.807) is 0 Å². The molecule has 6 atom stereocenters. The fourth-order valence-corrected chi connectivity index (χ4v) is 19.3. The van der Waals surface area contributed by atoms with Crippen LogP contribution in [0.1, 0.15) is 256 Å². The van der Waals surface area contributed by atoms with Crippen molar-refractivity contribution in [2.75, 3.05) is 8.61 Å². The van der Waals surface area contributed by atoms with Crippen molar-refractivity contribution in [1.29, 1.82) is 0 Å². The van der Waals surface area contributed by atoms with Gasteiger partial charge in [0.05, 0.1) is 23.4 Å². The molecule has 0 radical (unpaired) electrons. The van der Waals surface area contributed by atoms with E-state index < -0.39 is 94.4 Å². The molecule has 7 N–H and O–H groups in total. The van der Waals surface area contributed by atoms with Crippen LogP contribution in [0.25, 0.3) is 0 Å². The van der Waals surface area contributed by atoms with Gasteiger partial charge in [0.15, 0.2) is 0 Å². The Hall–Kier alpha value is -5.82. The highest BCUT2D eigenvalue weighted by atomic mass is 32.2. The number of aromatic hydroxyl groups is 4. The lowest BCUT2D eigenvalue weighted by Gasteiger charge is -2.39. The first kappa shape index (κ1) is 76.4. The van der Waals surface area contributed by atoms with Crippen molar-refractivity contribution >= 4 is 83.0 Å². The molecule has 0 fully saturated rings. The number of thioether (sulfide) groups is 1. The van der Waals surface area contributed by atoms with E-state index in [0.29, 0.717) is 80.6 Å². The lowest BCUT2D eigenvalue weighted by molar-refractivity contribution is -0.137. The number of nitrogens with zero attached hydrogens (tertiary/aromatic N) is 2. The minimum atomic E-state index is -1.27. The Kier molecular flexibility index (Phi) is 20.4. The zero-order valence-corrected chi connectivity index (χ0v) is 65.6. The first-order valence-electron chi connectivity index (χ1n) is 34.4. The van der Waals surface area contributed by atoms with Gasteiger partial charge in [-0.3, -0.25) is 23.0 Å². The minimum absolute atomic E-state index is 0.0332. The van der Waals surface area contributed by atoms with Crippen molar-refractivity contribution < 1.29 is 59.1 Å². The van der Waals surface area contributed by atoms with Crippen LogP contribution >= 0.6 is 47.7 Å². The number of hydrogen-bond acceptors (Lipinski definition) is 15. The van der Waals surface area contributed by atoms with E-state index in [9.17, 15) is 50.1 Å². The molecular weight excluding hydrogens is 1310 g/mol. The zero-order valence-electron chi connectivity index (χ0n) is 62.4. The molecule has 6 unspecified atom stereocenters. The molecule has 2 aliphatic heterocycles. The molecule has 1 spiro atoms. The van der Waals surface area contributed by atoms with Gasteiger partial charge in [0.25, 0.3) is 0 Å². The van der Waals surface area contributed by atoms with Crippen molar-refractivity contribution in [3.63, 3.8) is 0 Å². The summed E-state index contributed by atoms with van der Waals surface area (Å²) in [4.78, 5) is 58.5. The minimum Gasteiger partial charge on any atom is -0.507 e. The van der Waals surface area contributed by atoms with Gasteiger partial charge >= 0.3 is 23.9 Å². The maximum absolute atomic E-state index is 15.8. The molecule has 98 heavy (non-hydrogen) atoms. The summed E-state index contributed by atoms with van der Waals surface area (Å²) in [6.45, 7) is 48.4. The number of fused-ring (bicyclic) bond motifs is 1. The molecule has 0 saturated heterocycles. The quantitative estimate of drug-likeness (QED) is 0.0218. The van der Waals surface area contributed by atoms with E-state index in [1.807, 2.05) is 215 Å². The van der Waals surface area contributed by atoms with Crippen molar-refractivity contribution in [2.24, 2.45) is 5.41 Å². The van der Waals surface area contributed by atoms with Crippen LogP contribution in [0.5, 0.6) is 23.0 Å². The molecule has 2 heterocycles. The highest BCUT2D eigenvalue weighted by Crippen LogP contribution is 2.69. The van der Waals surface area contributed by atoms with Crippen LogP contribution in [0.15, 0.2) is 53.4 Å². The van der Waals surface area contributed by atoms with Crippen LogP contribution in [-0.4, -0.2) is 86.8 Å². The largest absolute Gasteiger partial charge is 0.507 e. The number of anilines is 2. The summed E-state index contributed by atoms with van der Waals surface area (Å²) in [7, 11) is 0. The molecule has 0 saturated carbocycles. The predicted octanol–water partition coefficient (Wildman–Crippen LogP) is 18.2. The molecular formula is C80H108N2O12S4. The van der Waals surface area contributed by atoms with Gasteiger partial charge in [-0.15, -0.1) is 11.8 Å². The highest BCUT2D eigenvalue weighted by Gasteiger charge is 2.59. The lowest BCUT2D eigenvalue weighted by Crippen LogP contribution is -2.44. The number of benzene rings is 5. The number of phenols is 4. The van der Waals surface area contributed by atoms with Gasteiger partial charge in [-0.1, -0.05) is 215 Å². The van der Waals surface area contributed by atoms with E-state index in [1.165, 1.54) is 35.7 Å². The second-order valence-electron chi connectivity index (χ2n) is 36.6. The molecule has 5 bridgehead atoms. The third-order valence-corrected chi connectivity index (χ3v) is 24.6. The first-order valence-corrected chi connectivity index (χ1v) is 37.8. The highest BCUT2D eigenvalue weighted by molar-refractivity contribution is 8.03. The number of carboxylic acid groups (broad SMARTS) is 3. The number of rotatable bonds is 20. The topological polar surface area (TPSA) is 226 Å². The molecule has 14 nitrogen and oxygen atoms in total. The van der Waals surface area contributed by atoms with Gasteiger partial charge in [0, 0.05) is 4.90 Å². The standard InChI is InChI=1S/C80H108N2O12S4/c1-72(2,3)48-25-41(26-49(63(48)83)73(4,5)6)33-56(68(87)88)96-81-60-40-80-37-45-46(38-80)61(81)62(82(60)97-57(69(89)90)34-42-27-50(74(7,8)9)64(84)51(28-42)75(10,11)12)67(47(45)39-80)95-59(36-44-31-54(78(19,20)21)66(86)55(32-44)79(22,23)24)71(93)94-98-58(70(91)92)35-43-29-52(76(13,14)15)65(85)53(30-43)77(16,17)18/h25-32,56-60,83-86H,33-40H2,1-24H3,(H,87,88)(H,89,90)(H,91,92). The zero-order chi connectivity index (χ0) is 73.4. The van der Waals surface area contributed by atoms with Crippen molar-refractivity contribution in [3.8, 4) is 23.0 Å². The van der Waals surface area contributed by atoms with Crippen LogP contribution in [0.4, 0.5) is 11.4 Å². The van der Waals surface area contributed by atoms with E-state index in [-0.39, 0.29) is 54.1 Å². The van der Waals surface area contributed by atoms with Gasteiger partial charge in [0.1, 0.15) is 50.2 Å². The van der Waals surface area contributed by atoms with E-state index in [4.69, 9.17) is 4.18 Å². The van der Waals surface area contributed by atoms with E-state index in [2.05, 4.69) is 8.61 Å². The van der Waals surface area contributed by atoms with Crippen LogP contribution in [0, 0.1) is 5.41 Å². The average Bonchev–Trinajstić information content (AvgIpc) is 1.51. The molecule has 0 aromatic heterocycles. The normalized spacial score (nSPS) is 18.3. The van der Waals surface area contributed by atoms with Gasteiger partial charge in [-0.25, -0.2) is 4.79 Å². The van der Waals surface area contributed by atoms with Gasteiger partial charge in [-0.05, 0) is 207 Å². The predicted molar refractivity (Wildman–Crippen MR) is 403 cm³/mol. The third kappa shape index (κ3) is 15.5. The van der Waals surface area contributed by atoms with Crippen molar-refractivity contribution in [2.45, 2.75) is 293 Å². The summed E-state index contributed by atoms with van der Waals surface area (Å²) in [6, 6.07) is 15.3. The Bertz CT molecular complexity index is 3860. The molecule has 534 valence electrons. The van der Waals surface area contributed by atoms with E-state index in [0.717, 1.165) is 56.8 Å². The monoisotopic (exact) mass is 1420 g/mol. The average molecular weight is 1420 g/mol. The maximum Gasteiger partial charge on any atom is 0.331 e. The second kappa shape index (κ2) is 26.2. The summed E-state index contributed by atoms with van der Waals surface area (Å²) in [6.07, 6.45) is 2.35. The fraction of sp³-hybridized carbons (Fsp3) is 0.575. The number of carbonyl (C=O) groups excluding carboxylic acids is 1. The Morgan fingerprint density at radius 2 is 0.673 bits per heavy atom. The van der Waals surface area contributed by atoms with Crippen molar-refractivity contribution in [1.82, 2.24) is 0 Å². The third-order valence-electron chi connectivity index (χ3n) is 19.9. The number of aliphatic carboxylic acids is 3. The summed E-state index contributed by atoms with van der Waals surface area (Å²) in [5, 5.41) is 77.1. The SMILES string of the molecule is CC(C)(C)c1cc(CC(SOC(=O)C(Cc2cc(C(C)(C)C)c(O)c(C(C)(C)C)c2)Sc2c3c4c5c6c2N(SC(Cc2cc(C(C)(C)C)c(O)c(C(C)(C)C)c2)C(=O)O)C(CC(C4)(C3)C5)N6SC(Cc2cc(C(C)(C)C)c(O)c(C(C)(C)C)c2)C(=O)O)C(=O)O)cc(C(C)(C)C)c1O. The number of hydrogen-bond donors (Lipinski definition) is 7. The Morgan fingerprint density at radius 3 is 0.969 bits per heavy atom. The van der Waals surface area contributed by atoms with Crippen LogP contribution in [0.2, 0.25) is 0 Å². The van der Waals surface area contributed by atoms with Crippen LogP contribution in [-0.2, 0) is 112 Å². The van der Waals surface area contributed by atoms with Crippen molar-refractivity contribution in [3.05, 3.63) is 132 Å². The summed E-state index contributed by atoms with van der Waals surface area (Å²) < 4.78 is 10.6. The molecule has 5 aromatic rings. The molecule has 9 rings (SSSR count). The fourth-order valence-electron chi connectivity index (χ4n) is 14.7. The number of phenolic OH excluding ortho intramolecular Hbond substituents is 4. The molecule has 0 amide bonds. The maximum atomic E-state index is 15.8. The van der Waals surface area contributed by atoms with Crippen LogP contribution in [0.3, 0.4) is 0 Å². The van der Waals surface area contributed by atoms with Crippen LogP contribution < -0.4 is 8.61 Å². The Morgan fingerprint density at radius 1 is 0.408 bits per heavy atom. The Labute approximate surface area is 600 Å². The summed E-state index contributed by atoms with van der Waals surface area (Å²) >= 11 is 4.33. The summed E-state index contributed by atoms with van der Waals surface area (Å²) in [5.41, 5.74) is 8.85. The van der Waals surface area contributed by atoms with Gasteiger partial charge in [0.2, 0.25) is 0 Å².